The van der Waals surface area contributed by atoms with Crippen LogP contribution in [0.15, 0.2) is 54.6 Å². The molecule has 170 valence electrons. The Morgan fingerprint density at radius 2 is 1.76 bits per heavy atom. The van der Waals surface area contributed by atoms with E-state index in [-0.39, 0.29) is 18.0 Å². The van der Waals surface area contributed by atoms with Crippen molar-refractivity contribution >= 4 is 29.0 Å². The van der Waals surface area contributed by atoms with Gasteiger partial charge in [-0.25, -0.2) is 9.59 Å². The SMILES string of the molecule is CCOC(=O)c1ccc(NC(=O)N2CCc3c(sc4c3CCCC4)[C@H]2c2ccccc2)cc1. The van der Waals surface area contributed by atoms with Gasteiger partial charge in [-0.1, -0.05) is 30.3 Å². The van der Waals surface area contributed by atoms with Crippen LogP contribution in [0.3, 0.4) is 0 Å². The zero-order valence-electron chi connectivity index (χ0n) is 18.8. The molecule has 1 aliphatic heterocycles. The lowest BCUT2D eigenvalue weighted by Crippen LogP contribution is -2.42. The van der Waals surface area contributed by atoms with Crippen LogP contribution >= 0.6 is 11.3 Å². The van der Waals surface area contributed by atoms with Gasteiger partial charge in [-0.3, -0.25) is 0 Å². The van der Waals surface area contributed by atoms with E-state index in [4.69, 9.17) is 4.74 Å². The summed E-state index contributed by atoms with van der Waals surface area (Å²) in [5, 5.41) is 3.04. The van der Waals surface area contributed by atoms with E-state index in [0.29, 0.717) is 24.4 Å². The van der Waals surface area contributed by atoms with E-state index in [1.165, 1.54) is 34.6 Å². The Balaban J connectivity index is 1.42. The van der Waals surface area contributed by atoms with Gasteiger partial charge in [0.2, 0.25) is 0 Å². The van der Waals surface area contributed by atoms with Crippen molar-refractivity contribution in [3.05, 3.63) is 86.6 Å². The van der Waals surface area contributed by atoms with Crippen LogP contribution < -0.4 is 5.32 Å². The molecule has 5 rings (SSSR count). The lowest BCUT2D eigenvalue weighted by atomic mass is 9.88. The Labute approximate surface area is 198 Å². The fraction of sp³-hybridized carbons (Fsp3) is 0.333. The monoisotopic (exact) mass is 460 g/mol. The molecule has 0 saturated carbocycles. The van der Waals surface area contributed by atoms with Crippen LogP contribution in [-0.2, 0) is 24.0 Å². The molecule has 3 aromatic rings. The fourth-order valence-corrected chi connectivity index (χ4v) is 6.52. The zero-order chi connectivity index (χ0) is 22.8. The van der Waals surface area contributed by atoms with Gasteiger partial charge in [0.1, 0.15) is 0 Å². The first kappa shape index (κ1) is 21.7. The Bertz CT molecular complexity index is 1150. The van der Waals surface area contributed by atoms with Crippen LogP contribution in [0.5, 0.6) is 0 Å². The summed E-state index contributed by atoms with van der Waals surface area (Å²) in [5.74, 6) is -0.357. The van der Waals surface area contributed by atoms with Gasteiger partial charge in [-0.05, 0) is 80.0 Å². The normalized spacial score (nSPS) is 17.1. The summed E-state index contributed by atoms with van der Waals surface area (Å²) >= 11 is 1.90. The number of hydrogen-bond donors (Lipinski definition) is 1. The highest BCUT2D eigenvalue weighted by Crippen LogP contribution is 2.45. The predicted octanol–water partition coefficient (Wildman–Crippen LogP) is 5.98. The van der Waals surface area contributed by atoms with E-state index in [1.54, 1.807) is 36.8 Å². The number of aryl methyl sites for hydroxylation is 1. The lowest BCUT2D eigenvalue weighted by molar-refractivity contribution is 0.0526. The maximum absolute atomic E-state index is 13.5. The Morgan fingerprint density at radius 3 is 2.52 bits per heavy atom. The first-order valence-electron chi connectivity index (χ1n) is 11.7. The standard InChI is InChI=1S/C27H28N2O3S/c1-2-32-26(30)19-12-14-20(15-13-19)28-27(31)29-17-16-22-21-10-6-7-11-23(21)33-25(22)24(29)18-8-4-3-5-9-18/h3-5,8-9,12-15,24H,2,6-7,10-11,16-17H2,1H3,(H,28,31)/t24-/m1/s1. The van der Waals surface area contributed by atoms with Crippen molar-refractivity contribution in [3.63, 3.8) is 0 Å². The third kappa shape index (κ3) is 4.27. The number of nitrogens with one attached hydrogen (secondary N) is 1. The van der Waals surface area contributed by atoms with E-state index in [2.05, 4.69) is 17.4 Å². The van der Waals surface area contributed by atoms with Crippen LogP contribution in [0.25, 0.3) is 0 Å². The maximum Gasteiger partial charge on any atom is 0.338 e. The third-order valence-corrected chi connectivity index (χ3v) is 7.88. The number of fused-ring (bicyclic) bond motifs is 3. The van der Waals surface area contributed by atoms with Crippen molar-refractivity contribution in [2.75, 3.05) is 18.5 Å². The number of carbonyl (C=O) groups excluding carboxylic acids is 2. The number of amides is 2. The molecule has 2 aromatic carbocycles. The highest BCUT2D eigenvalue weighted by atomic mass is 32.1. The second-order valence-electron chi connectivity index (χ2n) is 8.54. The Hall–Kier alpha value is -3.12. The van der Waals surface area contributed by atoms with Crippen LogP contribution in [0.4, 0.5) is 10.5 Å². The van der Waals surface area contributed by atoms with E-state index in [0.717, 1.165) is 18.4 Å². The molecule has 0 spiro atoms. The number of urea groups is 1. The molecule has 0 fully saturated rings. The first-order valence-corrected chi connectivity index (χ1v) is 12.5. The highest BCUT2D eigenvalue weighted by molar-refractivity contribution is 7.12. The zero-order valence-corrected chi connectivity index (χ0v) is 19.6. The minimum absolute atomic E-state index is 0.0793. The third-order valence-electron chi connectivity index (χ3n) is 6.50. The van der Waals surface area contributed by atoms with Crippen molar-refractivity contribution in [1.82, 2.24) is 4.90 Å². The van der Waals surface area contributed by atoms with Gasteiger partial charge in [0.15, 0.2) is 0 Å². The molecule has 5 nitrogen and oxygen atoms in total. The molecule has 2 heterocycles. The van der Waals surface area contributed by atoms with E-state index in [1.807, 2.05) is 34.4 Å². The number of anilines is 1. The van der Waals surface area contributed by atoms with Gasteiger partial charge < -0.3 is 15.0 Å². The largest absolute Gasteiger partial charge is 0.462 e. The Kier molecular flexibility index (Phi) is 6.18. The van der Waals surface area contributed by atoms with Gasteiger partial charge in [0, 0.05) is 22.0 Å². The van der Waals surface area contributed by atoms with Crippen LogP contribution in [-0.4, -0.2) is 30.1 Å². The molecular formula is C27H28N2O3S. The molecule has 33 heavy (non-hydrogen) atoms. The second kappa shape index (κ2) is 9.40. The van der Waals surface area contributed by atoms with Crippen molar-refractivity contribution in [2.24, 2.45) is 0 Å². The molecular weight excluding hydrogens is 432 g/mol. The summed E-state index contributed by atoms with van der Waals surface area (Å²) in [6.07, 6.45) is 5.75. The molecule has 1 aromatic heterocycles. The highest BCUT2D eigenvalue weighted by Gasteiger charge is 2.36. The summed E-state index contributed by atoms with van der Waals surface area (Å²) in [7, 11) is 0. The Morgan fingerprint density at radius 1 is 1.00 bits per heavy atom. The molecule has 0 bridgehead atoms. The van der Waals surface area contributed by atoms with Gasteiger partial charge in [0.05, 0.1) is 18.2 Å². The molecule has 0 unspecified atom stereocenters. The number of esters is 1. The van der Waals surface area contributed by atoms with Crippen LogP contribution in [0.2, 0.25) is 0 Å². The number of benzene rings is 2. The van der Waals surface area contributed by atoms with Crippen molar-refractivity contribution in [2.45, 2.75) is 45.1 Å². The summed E-state index contributed by atoms with van der Waals surface area (Å²) < 4.78 is 5.04. The number of nitrogens with zero attached hydrogens (tertiary/aromatic N) is 1. The quantitative estimate of drug-likeness (QED) is 0.487. The summed E-state index contributed by atoms with van der Waals surface area (Å²) in [6.45, 7) is 2.80. The maximum atomic E-state index is 13.5. The minimum atomic E-state index is -0.357. The van der Waals surface area contributed by atoms with E-state index >= 15 is 0 Å². The molecule has 0 saturated heterocycles. The fourth-order valence-electron chi connectivity index (χ4n) is 4.94. The molecule has 6 heteroatoms. The van der Waals surface area contributed by atoms with Crippen molar-refractivity contribution in [3.8, 4) is 0 Å². The number of hydrogen-bond acceptors (Lipinski definition) is 4. The van der Waals surface area contributed by atoms with Gasteiger partial charge in [-0.2, -0.15) is 0 Å². The van der Waals surface area contributed by atoms with Crippen molar-refractivity contribution in [1.29, 1.82) is 0 Å². The summed E-state index contributed by atoms with van der Waals surface area (Å²) in [5.41, 5.74) is 5.31. The van der Waals surface area contributed by atoms with Crippen molar-refractivity contribution < 1.29 is 14.3 Å². The molecule has 2 aliphatic rings. The molecule has 1 N–H and O–H groups in total. The average molecular weight is 461 g/mol. The topological polar surface area (TPSA) is 58.6 Å². The molecule has 1 atom stereocenters. The molecule has 1 aliphatic carbocycles. The average Bonchev–Trinajstić information content (AvgIpc) is 3.23. The number of thiophene rings is 1. The molecule has 0 radical (unpaired) electrons. The summed E-state index contributed by atoms with van der Waals surface area (Å²) in [4.78, 5) is 30.2. The van der Waals surface area contributed by atoms with Gasteiger partial charge in [0.25, 0.3) is 0 Å². The van der Waals surface area contributed by atoms with E-state index < -0.39 is 0 Å². The van der Waals surface area contributed by atoms with Crippen LogP contribution in [0, 0.1) is 0 Å². The first-order chi connectivity index (χ1) is 16.2. The minimum Gasteiger partial charge on any atom is -0.462 e. The van der Waals surface area contributed by atoms with Gasteiger partial charge >= 0.3 is 12.0 Å². The van der Waals surface area contributed by atoms with Crippen LogP contribution in [0.1, 0.15) is 62.6 Å². The van der Waals surface area contributed by atoms with E-state index in [9.17, 15) is 9.59 Å². The number of ether oxygens (including phenoxy) is 1. The molecule has 2 amide bonds. The predicted molar refractivity (Wildman–Crippen MR) is 131 cm³/mol. The summed E-state index contributed by atoms with van der Waals surface area (Å²) in [6, 6.07) is 17.0. The smallest absolute Gasteiger partial charge is 0.338 e. The second-order valence-corrected chi connectivity index (χ2v) is 9.68. The lowest BCUT2D eigenvalue weighted by Gasteiger charge is -2.36. The van der Waals surface area contributed by atoms with Gasteiger partial charge in [-0.15, -0.1) is 11.3 Å². The number of carbonyl (C=O) groups is 2. The number of rotatable bonds is 4.